The normalized spacial score (nSPS) is 26.0. The standard InChI is InChI=1S/C13H18FNOS/c1-2-15-11-5-8-13(9-11)17(16)12-6-3-10(14)4-7-12/h3-4,6-7,11,13,15H,2,5,8-9H2,1H3. The maximum atomic E-state index is 12.8. The maximum absolute atomic E-state index is 12.8. The summed E-state index contributed by atoms with van der Waals surface area (Å²) in [6.07, 6.45) is 3.03. The summed E-state index contributed by atoms with van der Waals surface area (Å²) in [5.74, 6) is -0.275. The van der Waals surface area contributed by atoms with Gasteiger partial charge in [0.1, 0.15) is 5.82 Å². The molecule has 17 heavy (non-hydrogen) atoms. The summed E-state index contributed by atoms with van der Waals surface area (Å²) < 4.78 is 25.0. The lowest BCUT2D eigenvalue weighted by molar-refractivity contribution is 0.542. The second-order valence-corrected chi connectivity index (χ2v) is 6.17. The highest BCUT2D eigenvalue weighted by atomic mass is 32.2. The van der Waals surface area contributed by atoms with Crippen LogP contribution in [0.25, 0.3) is 0 Å². The first-order valence-electron chi connectivity index (χ1n) is 6.10. The number of benzene rings is 1. The Morgan fingerprint density at radius 3 is 2.71 bits per heavy atom. The van der Waals surface area contributed by atoms with Crippen LogP contribution in [-0.4, -0.2) is 22.0 Å². The Kier molecular flexibility index (Phi) is 4.29. The molecular formula is C13H18FNOS. The average Bonchev–Trinajstić information content (AvgIpc) is 2.78. The third-order valence-corrected chi connectivity index (χ3v) is 5.00. The number of hydrogen-bond acceptors (Lipinski definition) is 2. The molecule has 1 saturated carbocycles. The molecule has 1 aromatic carbocycles. The van der Waals surface area contributed by atoms with Crippen LogP contribution in [-0.2, 0) is 10.8 Å². The fraction of sp³-hybridized carbons (Fsp3) is 0.538. The molecule has 0 heterocycles. The molecule has 1 aliphatic rings. The van der Waals surface area contributed by atoms with Gasteiger partial charge in [-0.05, 0) is 50.1 Å². The lowest BCUT2D eigenvalue weighted by Gasteiger charge is -2.12. The van der Waals surface area contributed by atoms with E-state index in [4.69, 9.17) is 0 Å². The number of rotatable bonds is 4. The molecule has 0 spiro atoms. The topological polar surface area (TPSA) is 29.1 Å². The first-order chi connectivity index (χ1) is 8.20. The van der Waals surface area contributed by atoms with E-state index in [1.807, 2.05) is 0 Å². The van der Waals surface area contributed by atoms with Crippen molar-refractivity contribution in [1.29, 1.82) is 0 Å². The highest BCUT2D eigenvalue weighted by molar-refractivity contribution is 7.85. The fourth-order valence-corrected chi connectivity index (χ4v) is 3.92. The van der Waals surface area contributed by atoms with Gasteiger partial charge in [-0.1, -0.05) is 6.92 Å². The van der Waals surface area contributed by atoms with E-state index >= 15 is 0 Å². The van der Waals surface area contributed by atoms with Crippen LogP contribution in [0.15, 0.2) is 29.2 Å². The van der Waals surface area contributed by atoms with Crippen molar-refractivity contribution < 1.29 is 8.60 Å². The largest absolute Gasteiger partial charge is 0.314 e. The van der Waals surface area contributed by atoms with Gasteiger partial charge in [0.2, 0.25) is 0 Å². The van der Waals surface area contributed by atoms with Crippen LogP contribution in [0.1, 0.15) is 26.2 Å². The van der Waals surface area contributed by atoms with Gasteiger partial charge in [-0.15, -0.1) is 0 Å². The van der Waals surface area contributed by atoms with E-state index in [0.717, 1.165) is 30.7 Å². The fourth-order valence-electron chi connectivity index (χ4n) is 2.37. The van der Waals surface area contributed by atoms with Crippen LogP contribution >= 0.6 is 0 Å². The first-order valence-corrected chi connectivity index (χ1v) is 7.31. The van der Waals surface area contributed by atoms with Gasteiger partial charge in [0, 0.05) is 16.2 Å². The first kappa shape index (κ1) is 12.7. The number of halogens is 1. The van der Waals surface area contributed by atoms with E-state index in [1.54, 1.807) is 12.1 Å². The molecule has 4 heteroatoms. The summed E-state index contributed by atoms with van der Waals surface area (Å²) in [6, 6.07) is 6.51. The van der Waals surface area contributed by atoms with Crippen molar-refractivity contribution in [2.24, 2.45) is 0 Å². The molecule has 3 atom stereocenters. The van der Waals surface area contributed by atoms with Gasteiger partial charge in [0.25, 0.3) is 0 Å². The molecule has 0 amide bonds. The Labute approximate surface area is 104 Å². The minimum absolute atomic E-state index is 0.213. The molecule has 1 fully saturated rings. The molecule has 94 valence electrons. The Bertz CT molecular complexity index is 393. The van der Waals surface area contributed by atoms with E-state index in [0.29, 0.717) is 6.04 Å². The van der Waals surface area contributed by atoms with Crippen LogP contribution in [0, 0.1) is 5.82 Å². The van der Waals surface area contributed by atoms with Crippen LogP contribution in [0.5, 0.6) is 0 Å². The van der Waals surface area contributed by atoms with Crippen molar-refractivity contribution in [3.05, 3.63) is 30.1 Å². The molecule has 0 aromatic heterocycles. The van der Waals surface area contributed by atoms with Gasteiger partial charge in [-0.3, -0.25) is 4.21 Å². The van der Waals surface area contributed by atoms with Crippen LogP contribution in [0.2, 0.25) is 0 Å². The summed E-state index contributed by atoms with van der Waals surface area (Å²) in [7, 11) is -0.998. The predicted molar refractivity (Wildman–Crippen MR) is 67.9 cm³/mol. The maximum Gasteiger partial charge on any atom is 0.123 e. The highest BCUT2D eigenvalue weighted by Gasteiger charge is 2.28. The molecule has 0 radical (unpaired) electrons. The van der Waals surface area contributed by atoms with E-state index < -0.39 is 10.8 Å². The Balaban J connectivity index is 1.99. The van der Waals surface area contributed by atoms with Gasteiger partial charge in [-0.2, -0.15) is 0 Å². The van der Waals surface area contributed by atoms with Gasteiger partial charge >= 0.3 is 0 Å². The summed E-state index contributed by atoms with van der Waals surface area (Å²) in [6.45, 7) is 3.05. The van der Waals surface area contributed by atoms with Gasteiger partial charge < -0.3 is 5.32 Å². The second-order valence-electron chi connectivity index (χ2n) is 4.44. The molecule has 1 N–H and O–H groups in total. The van der Waals surface area contributed by atoms with E-state index in [2.05, 4.69) is 12.2 Å². The molecule has 2 nitrogen and oxygen atoms in total. The minimum atomic E-state index is -0.998. The summed E-state index contributed by atoms with van der Waals surface area (Å²) in [4.78, 5) is 0.744. The molecule has 1 aliphatic carbocycles. The van der Waals surface area contributed by atoms with Crippen molar-refractivity contribution in [3.8, 4) is 0 Å². The monoisotopic (exact) mass is 255 g/mol. The third-order valence-electron chi connectivity index (χ3n) is 3.23. The van der Waals surface area contributed by atoms with Crippen molar-refractivity contribution in [2.45, 2.75) is 42.4 Å². The average molecular weight is 255 g/mol. The molecular weight excluding hydrogens is 237 g/mol. The third kappa shape index (κ3) is 3.13. The minimum Gasteiger partial charge on any atom is -0.314 e. The molecule has 0 saturated heterocycles. The zero-order valence-corrected chi connectivity index (χ0v) is 10.8. The smallest absolute Gasteiger partial charge is 0.123 e. The lowest BCUT2D eigenvalue weighted by atomic mass is 10.2. The Hall–Kier alpha value is -0.740. The highest BCUT2D eigenvalue weighted by Crippen LogP contribution is 2.27. The van der Waals surface area contributed by atoms with Crippen molar-refractivity contribution in [1.82, 2.24) is 5.32 Å². The van der Waals surface area contributed by atoms with Gasteiger partial charge in [-0.25, -0.2) is 4.39 Å². The lowest BCUT2D eigenvalue weighted by Crippen LogP contribution is -2.27. The molecule has 3 unspecified atom stereocenters. The van der Waals surface area contributed by atoms with E-state index in [-0.39, 0.29) is 11.1 Å². The molecule has 1 aromatic rings. The summed E-state index contributed by atoms with van der Waals surface area (Å²) >= 11 is 0. The zero-order valence-electron chi connectivity index (χ0n) is 9.99. The van der Waals surface area contributed by atoms with Crippen molar-refractivity contribution >= 4 is 10.8 Å². The van der Waals surface area contributed by atoms with E-state index in [1.165, 1.54) is 12.1 Å². The molecule has 0 bridgehead atoms. The Morgan fingerprint density at radius 2 is 2.06 bits per heavy atom. The number of hydrogen-bond donors (Lipinski definition) is 1. The van der Waals surface area contributed by atoms with Crippen LogP contribution < -0.4 is 5.32 Å². The summed E-state index contributed by atoms with van der Waals surface area (Å²) in [5, 5.41) is 3.61. The zero-order chi connectivity index (χ0) is 12.3. The Morgan fingerprint density at radius 1 is 1.35 bits per heavy atom. The van der Waals surface area contributed by atoms with Crippen molar-refractivity contribution in [2.75, 3.05) is 6.54 Å². The quantitative estimate of drug-likeness (QED) is 0.895. The van der Waals surface area contributed by atoms with Gasteiger partial charge in [0.15, 0.2) is 0 Å². The second kappa shape index (κ2) is 5.74. The van der Waals surface area contributed by atoms with E-state index in [9.17, 15) is 8.60 Å². The molecule has 2 rings (SSSR count). The van der Waals surface area contributed by atoms with Crippen LogP contribution in [0.4, 0.5) is 4.39 Å². The SMILES string of the molecule is CCNC1CCC(S(=O)c2ccc(F)cc2)C1. The molecule has 0 aliphatic heterocycles. The van der Waals surface area contributed by atoms with Gasteiger partial charge in [0.05, 0.1) is 10.8 Å². The summed E-state index contributed by atoms with van der Waals surface area (Å²) in [5.41, 5.74) is 0. The predicted octanol–water partition coefficient (Wildman–Crippen LogP) is 2.46. The number of nitrogens with one attached hydrogen (secondary N) is 1. The van der Waals surface area contributed by atoms with Crippen LogP contribution in [0.3, 0.4) is 0 Å². The van der Waals surface area contributed by atoms with Crippen molar-refractivity contribution in [3.63, 3.8) is 0 Å².